The minimum Gasteiger partial charge on any atom is -0.467 e. The largest absolute Gasteiger partial charge is 0.467 e. The van der Waals surface area contributed by atoms with Gasteiger partial charge in [-0.15, -0.1) is 0 Å². The number of esters is 1. The monoisotopic (exact) mass is 398 g/mol. The number of rotatable bonds is 5. The van der Waals surface area contributed by atoms with Crippen LogP contribution in [0.5, 0.6) is 0 Å². The van der Waals surface area contributed by atoms with Gasteiger partial charge < -0.3 is 18.6 Å². The van der Waals surface area contributed by atoms with Gasteiger partial charge in [0.1, 0.15) is 5.76 Å². The van der Waals surface area contributed by atoms with Gasteiger partial charge in [0.2, 0.25) is 0 Å². The zero-order valence-electron chi connectivity index (χ0n) is 17.4. The highest BCUT2D eigenvalue weighted by Crippen LogP contribution is 2.35. The van der Waals surface area contributed by atoms with Crippen LogP contribution in [0.1, 0.15) is 66.0 Å². The van der Waals surface area contributed by atoms with Crippen molar-refractivity contribution in [3.05, 3.63) is 47.2 Å². The molecule has 1 amide bonds. The second-order valence-electron chi connectivity index (χ2n) is 8.37. The molecule has 0 spiro atoms. The summed E-state index contributed by atoms with van der Waals surface area (Å²) in [6.45, 7) is 5.02. The molecule has 2 atom stereocenters. The van der Waals surface area contributed by atoms with Gasteiger partial charge in [-0.05, 0) is 63.6 Å². The number of aromatic nitrogens is 1. The van der Waals surface area contributed by atoms with E-state index in [0.717, 1.165) is 36.5 Å². The molecule has 2 aromatic rings. The summed E-state index contributed by atoms with van der Waals surface area (Å²) in [6, 6.07) is 5.92. The highest BCUT2D eigenvalue weighted by Gasteiger charge is 2.36. The SMILES string of the molecule is Cc1cc(C(=O)OCC(=O)N2CCC[C@H]3CCCC[C@H]32)c(C)n1Cc1ccco1. The van der Waals surface area contributed by atoms with Crippen molar-refractivity contribution in [3.63, 3.8) is 0 Å². The molecule has 4 rings (SSSR count). The summed E-state index contributed by atoms with van der Waals surface area (Å²) in [6.07, 6.45) is 8.67. The lowest BCUT2D eigenvalue weighted by molar-refractivity contribution is -0.140. The number of likely N-dealkylation sites (tertiary alicyclic amines) is 1. The van der Waals surface area contributed by atoms with Gasteiger partial charge in [0.25, 0.3) is 5.91 Å². The molecule has 6 heteroatoms. The van der Waals surface area contributed by atoms with E-state index in [9.17, 15) is 9.59 Å². The van der Waals surface area contributed by atoms with Gasteiger partial charge in [-0.25, -0.2) is 4.79 Å². The standard InChI is InChI=1S/C23H30N2O4/c1-16-13-20(17(2)25(16)14-19-9-6-12-28-19)23(27)29-15-22(26)24-11-5-8-18-7-3-4-10-21(18)24/h6,9,12-13,18,21H,3-5,7-8,10-11,14-15H2,1-2H3/t18-,21-/m1/s1. The van der Waals surface area contributed by atoms with Crippen LogP contribution in [0.15, 0.2) is 28.9 Å². The van der Waals surface area contributed by atoms with Crippen LogP contribution in [0.2, 0.25) is 0 Å². The van der Waals surface area contributed by atoms with Gasteiger partial charge in [-0.3, -0.25) is 4.79 Å². The number of furan rings is 1. The smallest absolute Gasteiger partial charge is 0.340 e. The molecular formula is C23H30N2O4. The van der Waals surface area contributed by atoms with Gasteiger partial charge in [0.15, 0.2) is 6.61 Å². The topological polar surface area (TPSA) is 64.7 Å². The van der Waals surface area contributed by atoms with Crippen LogP contribution >= 0.6 is 0 Å². The molecule has 156 valence electrons. The molecule has 2 aliphatic rings. The lowest BCUT2D eigenvalue weighted by Crippen LogP contribution is -2.50. The minimum atomic E-state index is -0.436. The number of carbonyl (C=O) groups excluding carboxylic acids is 2. The Morgan fingerprint density at radius 2 is 1.97 bits per heavy atom. The number of amides is 1. The molecule has 0 bridgehead atoms. The van der Waals surface area contributed by atoms with Gasteiger partial charge >= 0.3 is 5.97 Å². The van der Waals surface area contributed by atoms with Crippen molar-refractivity contribution < 1.29 is 18.7 Å². The zero-order valence-corrected chi connectivity index (χ0v) is 17.4. The third kappa shape index (κ3) is 4.11. The van der Waals surface area contributed by atoms with Crippen LogP contribution in [0.25, 0.3) is 0 Å². The molecule has 0 N–H and O–H groups in total. The first-order valence-corrected chi connectivity index (χ1v) is 10.7. The molecule has 29 heavy (non-hydrogen) atoms. The maximum atomic E-state index is 12.8. The summed E-state index contributed by atoms with van der Waals surface area (Å²) in [4.78, 5) is 27.4. The number of fused-ring (bicyclic) bond motifs is 1. The van der Waals surface area contributed by atoms with E-state index in [0.29, 0.717) is 24.1 Å². The molecule has 0 aromatic carbocycles. The highest BCUT2D eigenvalue weighted by atomic mass is 16.5. The van der Waals surface area contributed by atoms with Crippen LogP contribution in [0, 0.1) is 19.8 Å². The molecule has 6 nitrogen and oxygen atoms in total. The van der Waals surface area contributed by atoms with Crippen molar-refractivity contribution in [1.82, 2.24) is 9.47 Å². The third-order valence-corrected chi connectivity index (χ3v) is 6.58. The molecule has 1 aliphatic heterocycles. The average molecular weight is 399 g/mol. The van der Waals surface area contributed by atoms with E-state index in [1.807, 2.05) is 41.5 Å². The first kappa shape index (κ1) is 19.8. The van der Waals surface area contributed by atoms with Gasteiger partial charge in [-0.1, -0.05) is 12.8 Å². The Balaban J connectivity index is 1.39. The summed E-state index contributed by atoms with van der Waals surface area (Å²) >= 11 is 0. The first-order chi connectivity index (χ1) is 14.0. The zero-order chi connectivity index (χ0) is 20.4. The minimum absolute atomic E-state index is 0.0562. The molecule has 3 heterocycles. The van der Waals surface area contributed by atoms with E-state index < -0.39 is 5.97 Å². The van der Waals surface area contributed by atoms with Crippen molar-refractivity contribution >= 4 is 11.9 Å². The fraction of sp³-hybridized carbons (Fsp3) is 0.565. The maximum Gasteiger partial charge on any atom is 0.340 e. The molecule has 1 saturated carbocycles. The van der Waals surface area contributed by atoms with Crippen LogP contribution in [-0.2, 0) is 16.1 Å². The summed E-state index contributed by atoms with van der Waals surface area (Å²) in [5.74, 6) is 0.959. The molecule has 2 aromatic heterocycles. The molecule has 2 fully saturated rings. The van der Waals surface area contributed by atoms with Crippen LogP contribution in [0.3, 0.4) is 0 Å². The Labute approximate surface area is 171 Å². The third-order valence-electron chi connectivity index (χ3n) is 6.58. The van der Waals surface area contributed by atoms with E-state index >= 15 is 0 Å². The van der Waals surface area contributed by atoms with E-state index in [-0.39, 0.29) is 12.5 Å². The summed E-state index contributed by atoms with van der Waals surface area (Å²) < 4.78 is 12.9. The molecule has 0 unspecified atom stereocenters. The Morgan fingerprint density at radius 1 is 1.17 bits per heavy atom. The van der Waals surface area contributed by atoms with Crippen LogP contribution in [-0.4, -0.2) is 40.5 Å². The fourth-order valence-electron chi connectivity index (χ4n) is 5.03. The van der Waals surface area contributed by atoms with Crippen molar-refractivity contribution in [3.8, 4) is 0 Å². The van der Waals surface area contributed by atoms with E-state index in [1.54, 1.807) is 6.26 Å². The van der Waals surface area contributed by atoms with Crippen molar-refractivity contribution in [1.29, 1.82) is 0 Å². The number of ether oxygens (including phenoxy) is 1. The average Bonchev–Trinajstić information content (AvgIpc) is 3.35. The Bertz CT molecular complexity index is 866. The van der Waals surface area contributed by atoms with Crippen molar-refractivity contribution in [2.24, 2.45) is 5.92 Å². The maximum absolute atomic E-state index is 12.8. The second-order valence-corrected chi connectivity index (χ2v) is 8.37. The molecule has 0 radical (unpaired) electrons. The number of carbonyl (C=O) groups is 2. The predicted molar refractivity (Wildman–Crippen MR) is 109 cm³/mol. The normalized spacial score (nSPS) is 21.7. The Morgan fingerprint density at radius 3 is 2.76 bits per heavy atom. The first-order valence-electron chi connectivity index (χ1n) is 10.7. The molecule has 1 saturated heterocycles. The van der Waals surface area contributed by atoms with Gasteiger partial charge in [0, 0.05) is 24.0 Å². The van der Waals surface area contributed by atoms with E-state index in [4.69, 9.17) is 9.15 Å². The van der Waals surface area contributed by atoms with E-state index in [1.165, 1.54) is 25.7 Å². The second kappa shape index (κ2) is 8.47. The predicted octanol–water partition coefficient (Wildman–Crippen LogP) is 4.08. The molecule has 1 aliphatic carbocycles. The van der Waals surface area contributed by atoms with Gasteiger partial charge in [-0.2, -0.15) is 0 Å². The van der Waals surface area contributed by atoms with Crippen molar-refractivity contribution in [2.75, 3.05) is 13.2 Å². The lowest BCUT2D eigenvalue weighted by Gasteiger charge is -2.44. The Kier molecular flexibility index (Phi) is 5.79. The highest BCUT2D eigenvalue weighted by molar-refractivity contribution is 5.92. The molecular weight excluding hydrogens is 368 g/mol. The lowest BCUT2D eigenvalue weighted by atomic mass is 9.78. The number of nitrogens with zero attached hydrogens (tertiary/aromatic N) is 2. The number of piperidine rings is 1. The Hall–Kier alpha value is -2.50. The fourth-order valence-corrected chi connectivity index (χ4v) is 5.03. The number of hydrogen-bond acceptors (Lipinski definition) is 4. The number of hydrogen-bond donors (Lipinski definition) is 0. The summed E-state index contributed by atoms with van der Waals surface area (Å²) in [7, 11) is 0. The number of aryl methyl sites for hydroxylation is 1. The van der Waals surface area contributed by atoms with Gasteiger partial charge in [0.05, 0.1) is 18.4 Å². The van der Waals surface area contributed by atoms with E-state index in [2.05, 4.69) is 0 Å². The quantitative estimate of drug-likeness (QED) is 0.712. The summed E-state index contributed by atoms with van der Waals surface area (Å²) in [5.41, 5.74) is 2.29. The van der Waals surface area contributed by atoms with Crippen molar-refractivity contribution in [2.45, 2.75) is 65.0 Å². The van der Waals surface area contributed by atoms with Crippen LogP contribution in [0.4, 0.5) is 0 Å². The van der Waals surface area contributed by atoms with Crippen LogP contribution < -0.4 is 0 Å². The summed E-state index contributed by atoms with van der Waals surface area (Å²) in [5, 5.41) is 0.